The number of guanidine groups is 1. The summed E-state index contributed by atoms with van der Waals surface area (Å²) in [5, 5.41) is 6.63. The Morgan fingerprint density at radius 3 is 2.67 bits per heavy atom. The normalized spacial score (nSPS) is 12.3. The van der Waals surface area contributed by atoms with Crippen LogP contribution in [0.4, 0.5) is 4.39 Å². The highest BCUT2D eigenvalue weighted by Crippen LogP contribution is 2.10. The van der Waals surface area contributed by atoms with E-state index < -0.39 is 0 Å². The fourth-order valence-electron chi connectivity index (χ4n) is 2.19. The summed E-state index contributed by atoms with van der Waals surface area (Å²) in [4.78, 5) is 4.42. The second-order valence-corrected chi connectivity index (χ2v) is 5.31. The van der Waals surface area contributed by atoms with Crippen LogP contribution in [0.1, 0.15) is 30.7 Å². The van der Waals surface area contributed by atoms with Crippen LogP contribution >= 0.6 is 24.0 Å². The van der Waals surface area contributed by atoms with Gasteiger partial charge in [-0.3, -0.25) is 9.38 Å². The fourth-order valence-corrected chi connectivity index (χ4v) is 2.19. The molecule has 0 radical (unpaired) electrons. The maximum atomic E-state index is 12.3. The lowest BCUT2D eigenvalue weighted by atomic mass is 10.1. The van der Waals surface area contributed by atoms with Crippen LogP contribution in [0.3, 0.4) is 0 Å². The summed E-state index contributed by atoms with van der Waals surface area (Å²) in [6, 6.07) is 14.1. The Kier molecular flexibility index (Phi) is 10.1. The molecule has 2 rings (SSSR count). The number of hydrogen-bond acceptors (Lipinski definition) is 2. The van der Waals surface area contributed by atoms with E-state index in [0.29, 0.717) is 25.5 Å². The monoisotopic (exact) mass is 445 g/mol. The van der Waals surface area contributed by atoms with E-state index in [-0.39, 0.29) is 36.7 Å². The van der Waals surface area contributed by atoms with Crippen molar-refractivity contribution in [2.24, 2.45) is 4.99 Å². The molecular weight excluding hydrogens is 420 g/mol. The standard InChI is InChI=1S/C18H24FN3O.HI/c1-15(16-7-3-2-4-8-16)22-18(20-12-6-11-19)21-13-10-17-9-5-14-23-17;/h2-5,7-9,14-15H,6,10-13H2,1H3,(H2,20,21,22);1H. The molecule has 1 atom stereocenters. The molecule has 0 bridgehead atoms. The van der Waals surface area contributed by atoms with E-state index in [1.54, 1.807) is 6.26 Å². The van der Waals surface area contributed by atoms with Gasteiger partial charge in [0.15, 0.2) is 5.96 Å². The van der Waals surface area contributed by atoms with Crippen LogP contribution in [0.15, 0.2) is 58.1 Å². The first kappa shape index (κ1) is 20.5. The second-order valence-electron chi connectivity index (χ2n) is 5.31. The maximum Gasteiger partial charge on any atom is 0.191 e. The average Bonchev–Trinajstić information content (AvgIpc) is 3.09. The Morgan fingerprint density at radius 2 is 2.00 bits per heavy atom. The third-order valence-electron chi connectivity index (χ3n) is 3.46. The highest BCUT2D eigenvalue weighted by atomic mass is 127. The summed E-state index contributed by atoms with van der Waals surface area (Å²) in [5.74, 6) is 1.62. The number of hydrogen-bond donors (Lipinski definition) is 2. The topological polar surface area (TPSA) is 49.6 Å². The molecule has 0 saturated heterocycles. The van der Waals surface area contributed by atoms with Gasteiger partial charge in [-0.1, -0.05) is 30.3 Å². The Balaban J connectivity index is 0.00000288. The van der Waals surface area contributed by atoms with Crippen molar-refractivity contribution in [3.8, 4) is 0 Å². The number of furan rings is 1. The number of nitrogens with zero attached hydrogens (tertiary/aromatic N) is 1. The number of benzene rings is 1. The lowest BCUT2D eigenvalue weighted by molar-refractivity contribution is 0.477. The number of alkyl halides is 1. The summed E-state index contributed by atoms with van der Waals surface area (Å²) in [6.45, 7) is 2.90. The first-order chi connectivity index (χ1) is 11.3. The largest absolute Gasteiger partial charge is 0.469 e. The molecule has 24 heavy (non-hydrogen) atoms. The highest BCUT2D eigenvalue weighted by molar-refractivity contribution is 14.0. The quantitative estimate of drug-likeness (QED) is 0.279. The van der Waals surface area contributed by atoms with Crippen molar-refractivity contribution in [2.45, 2.75) is 25.8 Å². The lowest BCUT2D eigenvalue weighted by Gasteiger charge is -2.18. The molecule has 0 spiro atoms. The van der Waals surface area contributed by atoms with E-state index in [1.165, 1.54) is 5.56 Å². The van der Waals surface area contributed by atoms with Gasteiger partial charge in [-0.15, -0.1) is 24.0 Å². The van der Waals surface area contributed by atoms with E-state index in [9.17, 15) is 4.39 Å². The van der Waals surface area contributed by atoms with Crippen LogP contribution in [0.2, 0.25) is 0 Å². The van der Waals surface area contributed by atoms with Gasteiger partial charge in [-0.2, -0.15) is 0 Å². The Morgan fingerprint density at radius 1 is 1.21 bits per heavy atom. The van der Waals surface area contributed by atoms with Crippen LogP contribution < -0.4 is 10.6 Å². The van der Waals surface area contributed by atoms with Crippen molar-refractivity contribution in [3.63, 3.8) is 0 Å². The molecule has 1 heterocycles. The minimum Gasteiger partial charge on any atom is -0.469 e. The minimum atomic E-state index is -0.350. The molecule has 0 aliphatic heterocycles. The van der Waals surface area contributed by atoms with E-state index in [0.717, 1.165) is 12.2 Å². The molecule has 1 aromatic carbocycles. The zero-order valence-corrected chi connectivity index (χ0v) is 16.2. The van der Waals surface area contributed by atoms with Gasteiger partial charge in [0.2, 0.25) is 0 Å². The van der Waals surface area contributed by atoms with Crippen LogP contribution in [-0.4, -0.2) is 25.7 Å². The predicted octanol–water partition coefficient (Wildman–Crippen LogP) is 4.10. The number of rotatable bonds is 8. The van der Waals surface area contributed by atoms with Gasteiger partial charge in [-0.25, -0.2) is 0 Å². The summed E-state index contributed by atoms with van der Waals surface area (Å²) < 4.78 is 17.6. The maximum absolute atomic E-state index is 12.3. The predicted molar refractivity (Wildman–Crippen MR) is 107 cm³/mol. The molecule has 0 fully saturated rings. The van der Waals surface area contributed by atoms with Crippen molar-refractivity contribution in [2.75, 3.05) is 19.8 Å². The van der Waals surface area contributed by atoms with Gasteiger partial charge < -0.3 is 15.1 Å². The van der Waals surface area contributed by atoms with Gasteiger partial charge >= 0.3 is 0 Å². The van der Waals surface area contributed by atoms with Crippen molar-refractivity contribution in [1.29, 1.82) is 0 Å². The third kappa shape index (κ3) is 7.33. The summed E-state index contributed by atoms with van der Waals surface area (Å²) >= 11 is 0. The van der Waals surface area contributed by atoms with Gasteiger partial charge in [-0.05, 0) is 31.0 Å². The van der Waals surface area contributed by atoms with E-state index in [4.69, 9.17) is 4.42 Å². The van der Waals surface area contributed by atoms with Crippen LogP contribution in [0, 0.1) is 0 Å². The smallest absolute Gasteiger partial charge is 0.191 e. The fraction of sp³-hybridized carbons (Fsp3) is 0.389. The Hall–Kier alpha value is -1.57. The SMILES string of the molecule is CC(NC(=NCCCF)NCCc1ccco1)c1ccccc1.I. The zero-order chi connectivity index (χ0) is 16.3. The van der Waals surface area contributed by atoms with Crippen LogP contribution in [-0.2, 0) is 6.42 Å². The van der Waals surface area contributed by atoms with E-state index >= 15 is 0 Å². The molecule has 4 nitrogen and oxygen atoms in total. The molecule has 2 aromatic rings. The third-order valence-corrected chi connectivity index (χ3v) is 3.46. The summed E-state index contributed by atoms with van der Waals surface area (Å²) in [5.41, 5.74) is 1.18. The summed E-state index contributed by atoms with van der Waals surface area (Å²) in [7, 11) is 0. The van der Waals surface area contributed by atoms with Gasteiger partial charge in [0.05, 0.1) is 19.0 Å². The number of aliphatic imine (C=N–C) groups is 1. The molecule has 0 saturated carbocycles. The molecule has 1 aromatic heterocycles. The average molecular weight is 445 g/mol. The van der Waals surface area contributed by atoms with Crippen molar-refractivity contribution in [3.05, 3.63) is 60.1 Å². The first-order valence-electron chi connectivity index (χ1n) is 7.97. The molecule has 132 valence electrons. The molecule has 0 aliphatic carbocycles. The molecule has 6 heteroatoms. The van der Waals surface area contributed by atoms with Crippen LogP contribution in [0.5, 0.6) is 0 Å². The molecule has 1 unspecified atom stereocenters. The molecule has 0 aliphatic rings. The van der Waals surface area contributed by atoms with E-state index in [1.807, 2.05) is 30.3 Å². The van der Waals surface area contributed by atoms with Gasteiger partial charge in [0.25, 0.3) is 0 Å². The van der Waals surface area contributed by atoms with Crippen LogP contribution in [0.25, 0.3) is 0 Å². The highest BCUT2D eigenvalue weighted by Gasteiger charge is 2.07. The van der Waals surface area contributed by atoms with Crippen molar-refractivity contribution in [1.82, 2.24) is 10.6 Å². The van der Waals surface area contributed by atoms with Crippen molar-refractivity contribution >= 4 is 29.9 Å². The van der Waals surface area contributed by atoms with Gasteiger partial charge in [0.1, 0.15) is 5.76 Å². The minimum absolute atomic E-state index is 0. The first-order valence-corrected chi connectivity index (χ1v) is 7.97. The Labute approximate surface area is 160 Å². The molecular formula is C18H25FIN3O. The zero-order valence-electron chi connectivity index (χ0n) is 13.9. The summed E-state index contributed by atoms with van der Waals surface area (Å²) in [6.07, 6.45) is 2.88. The van der Waals surface area contributed by atoms with Gasteiger partial charge in [0, 0.05) is 19.5 Å². The molecule has 0 amide bonds. The Bertz CT molecular complexity index is 575. The number of nitrogens with one attached hydrogen (secondary N) is 2. The van der Waals surface area contributed by atoms with Crippen molar-refractivity contribution < 1.29 is 8.81 Å². The second kappa shape index (κ2) is 11.9. The van der Waals surface area contributed by atoms with E-state index in [2.05, 4.69) is 34.7 Å². The number of halogens is 2. The molecule has 2 N–H and O–H groups in total. The lowest BCUT2D eigenvalue weighted by Crippen LogP contribution is -2.40.